The second-order valence-corrected chi connectivity index (χ2v) is 5.36. The summed E-state index contributed by atoms with van der Waals surface area (Å²) in [5.41, 5.74) is 0.812. The number of unbranched alkanes of at least 4 members (excludes halogenated alkanes) is 3. The van der Waals surface area contributed by atoms with Crippen LogP contribution in [-0.4, -0.2) is 19.3 Å². The number of halogens is 1. The topological polar surface area (TPSA) is 38.7 Å². The Morgan fingerprint density at radius 2 is 1.89 bits per heavy atom. The van der Waals surface area contributed by atoms with Crippen molar-refractivity contribution in [1.29, 1.82) is 0 Å². The first-order chi connectivity index (χ1) is 9.15. The van der Waals surface area contributed by atoms with Crippen molar-refractivity contribution in [2.75, 3.05) is 14.2 Å². The molecule has 3 nitrogen and oxygen atoms in total. The lowest BCUT2D eigenvalue weighted by Crippen LogP contribution is -2.02. The average Bonchev–Trinajstić information content (AvgIpc) is 2.43. The fourth-order valence-corrected chi connectivity index (χ4v) is 2.79. The maximum absolute atomic E-state index is 10.3. The number of hydrogen-bond donors (Lipinski definition) is 1. The largest absolute Gasteiger partial charge is 0.495 e. The van der Waals surface area contributed by atoms with Gasteiger partial charge >= 0.3 is 0 Å². The summed E-state index contributed by atoms with van der Waals surface area (Å²) in [6, 6.07) is 3.71. The number of aliphatic hydroxyl groups excluding tert-OH is 1. The van der Waals surface area contributed by atoms with Crippen molar-refractivity contribution in [3.8, 4) is 11.5 Å². The van der Waals surface area contributed by atoms with Crippen LogP contribution in [0.15, 0.2) is 16.6 Å². The highest BCUT2D eigenvalue weighted by Gasteiger charge is 2.18. The molecule has 4 heteroatoms. The first-order valence-electron chi connectivity index (χ1n) is 6.74. The van der Waals surface area contributed by atoms with Crippen LogP contribution in [0.1, 0.15) is 50.7 Å². The van der Waals surface area contributed by atoms with Crippen molar-refractivity contribution in [1.82, 2.24) is 0 Å². The Kier molecular flexibility index (Phi) is 7.24. The van der Waals surface area contributed by atoms with Crippen LogP contribution in [-0.2, 0) is 0 Å². The Hall–Kier alpha value is -0.740. The van der Waals surface area contributed by atoms with Crippen LogP contribution in [0.25, 0.3) is 0 Å². The zero-order chi connectivity index (χ0) is 14.3. The van der Waals surface area contributed by atoms with E-state index in [0.717, 1.165) is 29.3 Å². The summed E-state index contributed by atoms with van der Waals surface area (Å²) in [7, 11) is 3.22. The fraction of sp³-hybridized carbons (Fsp3) is 0.600. The molecule has 0 amide bonds. The molecule has 0 bridgehead atoms. The molecule has 0 aliphatic rings. The molecule has 0 saturated heterocycles. The summed E-state index contributed by atoms with van der Waals surface area (Å²) >= 11 is 3.45. The van der Waals surface area contributed by atoms with Gasteiger partial charge in [0.2, 0.25) is 0 Å². The number of benzene rings is 1. The number of aliphatic hydroxyl groups is 1. The smallest absolute Gasteiger partial charge is 0.142 e. The molecular weight excluding hydrogens is 308 g/mol. The molecule has 19 heavy (non-hydrogen) atoms. The molecule has 1 atom stereocenters. The van der Waals surface area contributed by atoms with Crippen LogP contribution in [0.4, 0.5) is 0 Å². The van der Waals surface area contributed by atoms with Crippen LogP contribution in [0.2, 0.25) is 0 Å². The molecule has 1 rings (SSSR count). The van der Waals surface area contributed by atoms with E-state index in [-0.39, 0.29) is 0 Å². The van der Waals surface area contributed by atoms with E-state index in [1.54, 1.807) is 14.2 Å². The first kappa shape index (κ1) is 16.3. The average molecular weight is 331 g/mol. The molecule has 0 saturated carbocycles. The van der Waals surface area contributed by atoms with E-state index in [0.29, 0.717) is 11.5 Å². The summed E-state index contributed by atoms with van der Waals surface area (Å²) in [6.45, 7) is 2.18. The third-order valence-corrected chi connectivity index (χ3v) is 3.96. The fourth-order valence-electron chi connectivity index (χ4n) is 2.10. The van der Waals surface area contributed by atoms with E-state index in [1.165, 1.54) is 12.8 Å². The van der Waals surface area contributed by atoms with Gasteiger partial charge in [-0.25, -0.2) is 0 Å². The summed E-state index contributed by atoms with van der Waals surface area (Å²) < 4.78 is 11.4. The van der Waals surface area contributed by atoms with E-state index < -0.39 is 6.10 Å². The molecule has 1 aromatic carbocycles. The third kappa shape index (κ3) is 4.39. The molecular formula is C15H23BrO3. The Morgan fingerprint density at radius 1 is 1.16 bits per heavy atom. The van der Waals surface area contributed by atoms with Gasteiger partial charge in [0.25, 0.3) is 0 Å². The summed E-state index contributed by atoms with van der Waals surface area (Å²) in [5.74, 6) is 1.36. The van der Waals surface area contributed by atoms with Crippen molar-refractivity contribution >= 4 is 15.9 Å². The quantitative estimate of drug-likeness (QED) is 0.714. The molecule has 1 unspecified atom stereocenters. The van der Waals surface area contributed by atoms with Crippen LogP contribution < -0.4 is 9.47 Å². The lowest BCUT2D eigenvalue weighted by Gasteiger charge is -2.17. The van der Waals surface area contributed by atoms with Crippen molar-refractivity contribution < 1.29 is 14.6 Å². The highest BCUT2D eigenvalue weighted by atomic mass is 79.9. The van der Waals surface area contributed by atoms with E-state index in [1.807, 2.05) is 12.1 Å². The van der Waals surface area contributed by atoms with Gasteiger partial charge in [0.15, 0.2) is 0 Å². The molecule has 0 aromatic heterocycles. The summed E-state index contributed by atoms with van der Waals surface area (Å²) in [6.07, 6.45) is 4.88. The van der Waals surface area contributed by atoms with E-state index in [9.17, 15) is 5.11 Å². The zero-order valence-corrected chi connectivity index (χ0v) is 13.5. The van der Waals surface area contributed by atoms with Crippen molar-refractivity contribution in [3.63, 3.8) is 0 Å². The number of rotatable bonds is 8. The van der Waals surface area contributed by atoms with Crippen LogP contribution in [0, 0.1) is 0 Å². The third-order valence-electron chi connectivity index (χ3n) is 3.21. The Balaban J connectivity index is 2.78. The van der Waals surface area contributed by atoms with Gasteiger partial charge in [0.05, 0.1) is 20.3 Å². The standard InChI is InChI=1S/C15H23BrO3/c1-4-5-6-7-8-12(17)11-9-10-13(18-2)14(16)15(11)19-3/h9-10,12,17H,4-8H2,1-3H3. The maximum Gasteiger partial charge on any atom is 0.142 e. The molecule has 0 aliphatic heterocycles. The molecule has 1 aromatic rings. The predicted molar refractivity (Wildman–Crippen MR) is 81.0 cm³/mol. The van der Waals surface area contributed by atoms with Gasteiger partial charge in [0, 0.05) is 5.56 Å². The number of hydrogen-bond acceptors (Lipinski definition) is 3. The van der Waals surface area contributed by atoms with Gasteiger partial charge in [-0.15, -0.1) is 0 Å². The molecule has 0 heterocycles. The highest BCUT2D eigenvalue weighted by molar-refractivity contribution is 9.10. The SMILES string of the molecule is CCCCCCC(O)c1ccc(OC)c(Br)c1OC. The molecule has 1 N–H and O–H groups in total. The van der Waals surface area contributed by atoms with Crippen molar-refractivity contribution in [2.24, 2.45) is 0 Å². The van der Waals surface area contributed by atoms with Crippen LogP contribution in [0.3, 0.4) is 0 Å². The lowest BCUT2D eigenvalue weighted by atomic mass is 10.0. The Morgan fingerprint density at radius 3 is 2.47 bits per heavy atom. The van der Waals surface area contributed by atoms with Crippen LogP contribution >= 0.6 is 15.9 Å². The Labute approximate surface area is 124 Å². The second-order valence-electron chi connectivity index (χ2n) is 4.57. The van der Waals surface area contributed by atoms with Gasteiger partial charge in [-0.2, -0.15) is 0 Å². The minimum Gasteiger partial charge on any atom is -0.495 e. The lowest BCUT2D eigenvalue weighted by molar-refractivity contribution is 0.159. The minimum atomic E-state index is -0.492. The molecule has 0 radical (unpaired) electrons. The van der Waals surface area contributed by atoms with Gasteiger partial charge in [-0.3, -0.25) is 0 Å². The molecule has 108 valence electrons. The van der Waals surface area contributed by atoms with Crippen molar-refractivity contribution in [3.05, 3.63) is 22.2 Å². The zero-order valence-electron chi connectivity index (χ0n) is 11.9. The normalized spacial score (nSPS) is 12.3. The van der Waals surface area contributed by atoms with Crippen LogP contribution in [0.5, 0.6) is 11.5 Å². The van der Waals surface area contributed by atoms with Gasteiger partial charge in [-0.1, -0.05) is 32.6 Å². The second kappa shape index (κ2) is 8.43. The Bertz CT molecular complexity index is 393. The number of methoxy groups -OCH3 is 2. The minimum absolute atomic E-state index is 0.492. The maximum atomic E-state index is 10.3. The highest BCUT2D eigenvalue weighted by Crippen LogP contribution is 2.40. The number of ether oxygens (including phenoxy) is 2. The predicted octanol–water partition coefficient (Wildman–Crippen LogP) is 4.47. The van der Waals surface area contributed by atoms with E-state index in [4.69, 9.17) is 9.47 Å². The van der Waals surface area contributed by atoms with Crippen molar-refractivity contribution in [2.45, 2.75) is 45.1 Å². The van der Waals surface area contributed by atoms with E-state index in [2.05, 4.69) is 22.9 Å². The van der Waals surface area contributed by atoms with Gasteiger partial charge in [0.1, 0.15) is 16.0 Å². The monoisotopic (exact) mass is 330 g/mol. The summed E-state index contributed by atoms with van der Waals surface area (Å²) in [5, 5.41) is 10.3. The van der Waals surface area contributed by atoms with E-state index >= 15 is 0 Å². The van der Waals surface area contributed by atoms with Gasteiger partial charge in [-0.05, 0) is 34.5 Å². The van der Waals surface area contributed by atoms with Gasteiger partial charge < -0.3 is 14.6 Å². The first-order valence-corrected chi connectivity index (χ1v) is 7.53. The summed E-state index contributed by atoms with van der Waals surface area (Å²) in [4.78, 5) is 0. The molecule has 0 spiro atoms. The molecule has 0 aliphatic carbocycles. The molecule has 0 fully saturated rings.